The fraction of sp³-hybridized carbons (Fsp3) is 0.176. The van der Waals surface area contributed by atoms with Gasteiger partial charge in [-0.1, -0.05) is 267 Å². The van der Waals surface area contributed by atoms with Gasteiger partial charge in [0.2, 0.25) is 0 Å². The summed E-state index contributed by atoms with van der Waals surface area (Å²) in [5.74, 6) is 0. The van der Waals surface area contributed by atoms with Crippen LogP contribution in [0.2, 0.25) is 0 Å². The molecule has 0 aliphatic carbocycles. The van der Waals surface area contributed by atoms with Gasteiger partial charge in [0, 0.05) is 78.5 Å². The van der Waals surface area contributed by atoms with E-state index in [2.05, 4.69) is 287 Å². The van der Waals surface area contributed by atoms with Crippen molar-refractivity contribution in [3.8, 4) is 44.5 Å². The first-order valence-electron chi connectivity index (χ1n) is 25.8. The Hall–Kier alpha value is -7.44. The summed E-state index contributed by atoms with van der Waals surface area (Å²) < 4.78 is 0. The molecule has 4 nitrogen and oxygen atoms in total. The summed E-state index contributed by atoms with van der Waals surface area (Å²) in [5, 5.41) is 0. The van der Waals surface area contributed by atoms with Crippen molar-refractivity contribution in [3.05, 3.63) is 265 Å². The molecular weight excluding hydrogens is 873 g/mol. The van der Waals surface area contributed by atoms with E-state index in [0.29, 0.717) is 0 Å². The minimum absolute atomic E-state index is 0.901. The predicted molar refractivity (Wildman–Crippen MR) is 309 cm³/mol. The number of hydrogen-bond acceptors (Lipinski definition) is 4. The Morgan fingerprint density at radius 2 is 0.375 bits per heavy atom. The van der Waals surface area contributed by atoms with Crippen molar-refractivity contribution in [1.82, 2.24) is 19.6 Å². The second kappa shape index (κ2) is 26.7. The molecular formula is C68H68N4. The molecule has 8 aromatic rings. The van der Waals surface area contributed by atoms with Gasteiger partial charge in [-0.25, -0.2) is 0 Å². The average Bonchev–Trinajstić information content (AvgIpc) is 3.45. The molecule has 4 heteroatoms. The molecule has 0 atom stereocenters. The van der Waals surface area contributed by atoms with Crippen LogP contribution < -0.4 is 0 Å². The Bertz CT molecular complexity index is 2500. The quantitative estimate of drug-likeness (QED) is 0.0957. The standard InChI is InChI=1S/C68H68N4/c1-5-21-61(22-6-1)65-37-29-57(30-38-65)17-13-45-69-49-51-70(46-14-18-58-31-39-66(40-32-58)62-23-7-2-8-24-62)53-55-72(48-16-20-60-35-43-68(44-36-60)64-27-11-4-12-28-64)56-54-71(52-50-69)47-15-19-59-33-41-67(42-34-59)63-25-9-3-10-26-63/h1-44H,45-56H2/b17-13+,18-14+,19-15+,20-16+. The highest BCUT2D eigenvalue weighted by Crippen LogP contribution is 2.23. The number of nitrogens with zero attached hydrogens (tertiary/aromatic N) is 4. The van der Waals surface area contributed by atoms with Gasteiger partial charge >= 0.3 is 0 Å². The molecule has 1 heterocycles. The van der Waals surface area contributed by atoms with Gasteiger partial charge < -0.3 is 0 Å². The van der Waals surface area contributed by atoms with Crippen molar-refractivity contribution in [3.63, 3.8) is 0 Å². The van der Waals surface area contributed by atoms with E-state index < -0.39 is 0 Å². The molecule has 0 N–H and O–H groups in total. The maximum Gasteiger partial charge on any atom is 0.0167 e. The van der Waals surface area contributed by atoms with Crippen molar-refractivity contribution < 1.29 is 0 Å². The lowest BCUT2D eigenvalue weighted by atomic mass is 10.0. The number of rotatable bonds is 16. The zero-order chi connectivity index (χ0) is 48.8. The lowest BCUT2D eigenvalue weighted by Gasteiger charge is -2.33. The molecule has 1 aliphatic rings. The van der Waals surface area contributed by atoms with Crippen LogP contribution in [0.3, 0.4) is 0 Å². The van der Waals surface area contributed by atoms with Crippen molar-refractivity contribution >= 4 is 24.3 Å². The summed E-state index contributed by atoms with van der Waals surface area (Å²) in [7, 11) is 0. The monoisotopic (exact) mass is 941 g/mol. The van der Waals surface area contributed by atoms with E-state index in [1.165, 1.54) is 66.8 Å². The third kappa shape index (κ3) is 15.3. The smallest absolute Gasteiger partial charge is 0.0167 e. The highest BCUT2D eigenvalue weighted by atomic mass is 15.3. The van der Waals surface area contributed by atoms with Crippen molar-refractivity contribution in [1.29, 1.82) is 0 Å². The van der Waals surface area contributed by atoms with Crippen molar-refractivity contribution in [2.75, 3.05) is 78.5 Å². The molecule has 0 unspecified atom stereocenters. The average molecular weight is 941 g/mol. The Labute approximate surface area is 429 Å². The zero-order valence-corrected chi connectivity index (χ0v) is 41.7. The molecule has 1 fully saturated rings. The van der Waals surface area contributed by atoms with E-state index in [1.54, 1.807) is 0 Å². The van der Waals surface area contributed by atoms with Crippen LogP contribution in [0.5, 0.6) is 0 Å². The van der Waals surface area contributed by atoms with E-state index >= 15 is 0 Å². The van der Waals surface area contributed by atoms with Gasteiger partial charge in [-0.3, -0.25) is 19.6 Å². The molecule has 1 saturated heterocycles. The van der Waals surface area contributed by atoms with Crippen LogP contribution in [-0.2, 0) is 0 Å². The van der Waals surface area contributed by atoms with Crippen molar-refractivity contribution in [2.45, 2.75) is 0 Å². The Morgan fingerprint density at radius 3 is 0.556 bits per heavy atom. The highest BCUT2D eigenvalue weighted by molar-refractivity contribution is 5.68. The van der Waals surface area contributed by atoms with E-state index in [9.17, 15) is 0 Å². The lowest BCUT2D eigenvalue weighted by Crippen LogP contribution is -2.46. The molecule has 0 saturated carbocycles. The van der Waals surface area contributed by atoms with E-state index in [1.807, 2.05) is 0 Å². The Balaban J connectivity index is 0.905. The van der Waals surface area contributed by atoms with Gasteiger partial charge in [0.05, 0.1) is 0 Å². The fourth-order valence-corrected chi connectivity index (χ4v) is 9.33. The first kappa shape index (κ1) is 49.5. The molecule has 0 aromatic heterocycles. The minimum Gasteiger partial charge on any atom is -0.297 e. The van der Waals surface area contributed by atoms with Crippen LogP contribution in [-0.4, -0.2) is 98.1 Å². The van der Waals surface area contributed by atoms with Crippen LogP contribution in [0, 0.1) is 0 Å². The van der Waals surface area contributed by atoms with Gasteiger partial charge in [-0.2, -0.15) is 0 Å². The first-order chi connectivity index (χ1) is 35.7. The molecule has 0 spiro atoms. The SMILES string of the molecule is C(=C\c1ccc(-c2ccccc2)cc1)/CN1CCN(C/C=C/c2ccc(-c3ccccc3)cc2)CCN(C/C=C/c2ccc(-c3ccccc3)cc2)CCN(C/C=C/c2ccc(-c3ccccc3)cc2)CC1. The maximum atomic E-state index is 2.65. The molecule has 72 heavy (non-hydrogen) atoms. The molecule has 360 valence electrons. The molecule has 0 radical (unpaired) electrons. The zero-order valence-electron chi connectivity index (χ0n) is 41.7. The molecule has 0 bridgehead atoms. The van der Waals surface area contributed by atoms with Crippen molar-refractivity contribution in [2.24, 2.45) is 0 Å². The summed E-state index contributed by atoms with van der Waals surface area (Å²) in [5.41, 5.74) is 14.9. The minimum atomic E-state index is 0.901. The largest absolute Gasteiger partial charge is 0.297 e. The van der Waals surface area contributed by atoms with E-state index in [0.717, 1.165) is 78.5 Å². The molecule has 9 rings (SSSR count). The summed E-state index contributed by atoms with van der Waals surface area (Å²) in [4.78, 5) is 10.6. The second-order valence-corrected chi connectivity index (χ2v) is 18.8. The third-order valence-corrected chi connectivity index (χ3v) is 13.7. The molecule has 0 amide bonds. The maximum absolute atomic E-state index is 2.65. The normalized spacial score (nSPS) is 15.1. The van der Waals surface area contributed by atoms with E-state index in [4.69, 9.17) is 0 Å². The van der Waals surface area contributed by atoms with Crippen LogP contribution >= 0.6 is 0 Å². The van der Waals surface area contributed by atoms with E-state index in [-0.39, 0.29) is 0 Å². The molecule has 1 aliphatic heterocycles. The number of hydrogen-bond donors (Lipinski definition) is 0. The van der Waals surface area contributed by atoms with Crippen LogP contribution in [0.4, 0.5) is 0 Å². The van der Waals surface area contributed by atoms with Crippen LogP contribution in [0.15, 0.2) is 243 Å². The summed E-state index contributed by atoms with van der Waals surface area (Å²) in [6, 6.07) is 78.3. The topological polar surface area (TPSA) is 13.0 Å². The summed E-state index contributed by atoms with van der Waals surface area (Å²) in [6.45, 7) is 11.6. The van der Waals surface area contributed by atoms with Crippen LogP contribution in [0.25, 0.3) is 68.8 Å². The first-order valence-corrected chi connectivity index (χ1v) is 25.8. The van der Waals surface area contributed by atoms with Gasteiger partial charge in [-0.15, -0.1) is 0 Å². The highest BCUT2D eigenvalue weighted by Gasteiger charge is 2.16. The summed E-state index contributed by atoms with van der Waals surface area (Å²) >= 11 is 0. The summed E-state index contributed by atoms with van der Waals surface area (Å²) in [6.07, 6.45) is 18.6. The van der Waals surface area contributed by atoms with Gasteiger partial charge in [0.25, 0.3) is 0 Å². The van der Waals surface area contributed by atoms with Crippen LogP contribution in [0.1, 0.15) is 22.3 Å². The predicted octanol–water partition coefficient (Wildman–Crippen LogP) is 14.7. The Morgan fingerprint density at radius 1 is 0.208 bits per heavy atom. The number of benzene rings is 8. The Kier molecular flexibility index (Phi) is 18.4. The lowest BCUT2D eigenvalue weighted by molar-refractivity contribution is 0.154. The van der Waals surface area contributed by atoms with Gasteiger partial charge in [-0.05, 0) is 66.8 Å². The van der Waals surface area contributed by atoms with Gasteiger partial charge in [0.1, 0.15) is 0 Å². The third-order valence-electron chi connectivity index (χ3n) is 13.7. The second-order valence-electron chi connectivity index (χ2n) is 18.8. The fourth-order valence-electron chi connectivity index (χ4n) is 9.33. The molecule has 8 aromatic carbocycles. The van der Waals surface area contributed by atoms with Gasteiger partial charge in [0.15, 0.2) is 0 Å².